The third-order valence-electron chi connectivity index (χ3n) is 3.95. The molecule has 110 valence electrons. The minimum absolute atomic E-state index is 0.0212. The second-order valence-electron chi connectivity index (χ2n) is 5.57. The van der Waals surface area contributed by atoms with Crippen molar-refractivity contribution in [3.8, 4) is 0 Å². The molecule has 0 radical (unpaired) electrons. The highest BCUT2D eigenvalue weighted by Crippen LogP contribution is 2.32. The van der Waals surface area contributed by atoms with Crippen molar-refractivity contribution in [2.75, 3.05) is 26.8 Å². The number of carboxylic acid groups (broad SMARTS) is 1. The number of unbranched alkanes of at least 4 members (excludes halogenated alkanes) is 1. The van der Waals surface area contributed by atoms with Crippen molar-refractivity contribution in [2.24, 2.45) is 11.3 Å². The number of carbonyl (C=O) groups is 2. The highest BCUT2D eigenvalue weighted by molar-refractivity contribution is 5.82. The average Bonchev–Trinajstić information content (AvgIpc) is 2.81. The Bertz CT molecular complexity index is 331. The molecule has 1 N–H and O–H groups in total. The van der Waals surface area contributed by atoms with Crippen molar-refractivity contribution >= 4 is 11.9 Å². The maximum absolute atomic E-state index is 12.3. The van der Waals surface area contributed by atoms with Gasteiger partial charge in [0.05, 0.1) is 6.61 Å². The topological polar surface area (TPSA) is 66.8 Å². The first kappa shape index (κ1) is 16.0. The van der Waals surface area contributed by atoms with Gasteiger partial charge in [-0.15, -0.1) is 0 Å². The van der Waals surface area contributed by atoms with E-state index in [0.717, 1.165) is 19.3 Å². The van der Waals surface area contributed by atoms with Gasteiger partial charge in [0, 0.05) is 26.1 Å². The van der Waals surface area contributed by atoms with E-state index < -0.39 is 11.4 Å². The summed E-state index contributed by atoms with van der Waals surface area (Å²) in [6.07, 6.45) is 3.45. The van der Waals surface area contributed by atoms with Crippen molar-refractivity contribution in [1.29, 1.82) is 0 Å². The van der Waals surface area contributed by atoms with E-state index in [1.165, 1.54) is 7.11 Å². The number of likely N-dealkylation sites (tertiary alicyclic amines) is 1. The first-order valence-electron chi connectivity index (χ1n) is 6.98. The summed E-state index contributed by atoms with van der Waals surface area (Å²) < 4.78 is 5.03. The Hall–Kier alpha value is -1.10. The van der Waals surface area contributed by atoms with E-state index in [4.69, 9.17) is 4.74 Å². The Kier molecular flexibility index (Phi) is 5.79. The van der Waals surface area contributed by atoms with Crippen LogP contribution in [-0.2, 0) is 14.3 Å². The largest absolute Gasteiger partial charge is 0.481 e. The molecule has 0 aliphatic carbocycles. The first-order valence-corrected chi connectivity index (χ1v) is 6.98. The molecule has 1 heterocycles. The van der Waals surface area contributed by atoms with E-state index in [1.54, 1.807) is 4.90 Å². The van der Waals surface area contributed by atoms with Crippen LogP contribution in [0.25, 0.3) is 0 Å². The Morgan fingerprint density at radius 1 is 1.47 bits per heavy atom. The number of amides is 1. The molecule has 1 rings (SSSR count). The summed E-state index contributed by atoms with van der Waals surface area (Å²) in [5.74, 6) is -0.814. The van der Waals surface area contributed by atoms with Gasteiger partial charge in [0.15, 0.2) is 0 Å². The molecule has 0 aromatic carbocycles. The fourth-order valence-corrected chi connectivity index (χ4v) is 2.64. The minimum Gasteiger partial charge on any atom is -0.481 e. The molecule has 1 amide bonds. The molecule has 1 fully saturated rings. The third-order valence-corrected chi connectivity index (χ3v) is 3.95. The van der Waals surface area contributed by atoms with Crippen molar-refractivity contribution < 1.29 is 19.4 Å². The lowest BCUT2D eigenvalue weighted by atomic mass is 9.88. The SMILES string of the molecule is CCCCC(C)C(=O)N1CCC(COC)(C(=O)O)C1. The second kappa shape index (κ2) is 6.89. The molecule has 19 heavy (non-hydrogen) atoms. The molecule has 5 heteroatoms. The lowest BCUT2D eigenvalue weighted by Gasteiger charge is -2.25. The molecule has 0 saturated carbocycles. The minimum atomic E-state index is -0.922. The summed E-state index contributed by atoms with van der Waals surface area (Å²) >= 11 is 0. The van der Waals surface area contributed by atoms with Gasteiger partial charge in [-0.2, -0.15) is 0 Å². The van der Waals surface area contributed by atoms with Crippen LogP contribution in [0.3, 0.4) is 0 Å². The lowest BCUT2D eigenvalue weighted by molar-refractivity contribution is -0.151. The van der Waals surface area contributed by atoms with E-state index in [9.17, 15) is 14.7 Å². The fourth-order valence-electron chi connectivity index (χ4n) is 2.64. The standard InChI is InChI=1S/C14H25NO4/c1-4-5-6-11(2)12(16)15-8-7-14(9-15,10-19-3)13(17)18/h11H,4-10H2,1-3H3,(H,17,18). The number of ether oxygens (including phenoxy) is 1. The Morgan fingerprint density at radius 3 is 2.68 bits per heavy atom. The van der Waals surface area contributed by atoms with E-state index in [-0.39, 0.29) is 25.0 Å². The van der Waals surface area contributed by atoms with Gasteiger partial charge in [0.1, 0.15) is 5.41 Å². The first-order chi connectivity index (χ1) is 8.96. The van der Waals surface area contributed by atoms with Crippen LogP contribution in [0.4, 0.5) is 0 Å². The van der Waals surface area contributed by atoms with Crippen molar-refractivity contribution in [3.63, 3.8) is 0 Å². The summed E-state index contributed by atoms with van der Waals surface area (Å²) in [5.41, 5.74) is -0.922. The smallest absolute Gasteiger partial charge is 0.313 e. The Balaban J connectivity index is 2.63. The lowest BCUT2D eigenvalue weighted by Crippen LogP contribution is -2.41. The zero-order valence-corrected chi connectivity index (χ0v) is 12.1. The number of aliphatic carboxylic acids is 1. The van der Waals surface area contributed by atoms with Crippen LogP contribution in [0.15, 0.2) is 0 Å². The molecule has 0 aromatic rings. The molecular formula is C14H25NO4. The normalized spacial score (nSPS) is 24.5. The van der Waals surface area contributed by atoms with Gasteiger partial charge < -0.3 is 14.7 Å². The van der Waals surface area contributed by atoms with Crippen molar-refractivity contribution in [1.82, 2.24) is 4.90 Å². The molecule has 1 aliphatic heterocycles. The van der Waals surface area contributed by atoms with Crippen LogP contribution in [-0.4, -0.2) is 48.7 Å². The molecule has 1 aliphatic rings. The van der Waals surface area contributed by atoms with Gasteiger partial charge in [-0.1, -0.05) is 26.7 Å². The molecule has 1 saturated heterocycles. The summed E-state index contributed by atoms with van der Waals surface area (Å²) in [4.78, 5) is 25.4. The van der Waals surface area contributed by atoms with Gasteiger partial charge in [0.25, 0.3) is 0 Å². The second-order valence-corrected chi connectivity index (χ2v) is 5.57. The van der Waals surface area contributed by atoms with Gasteiger partial charge in [-0.05, 0) is 12.8 Å². The third kappa shape index (κ3) is 3.69. The molecule has 2 atom stereocenters. The van der Waals surface area contributed by atoms with E-state index in [1.807, 2.05) is 6.92 Å². The fraction of sp³-hybridized carbons (Fsp3) is 0.857. The van der Waals surface area contributed by atoms with Crippen molar-refractivity contribution in [3.05, 3.63) is 0 Å². The molecule has 2 unspecified atom stereocenters. The number of rotatable bonds is 7. The summed E-state index contributed by atoms with van der Waals surface area (Å²) in [6, 6.07) is 0. The van der Waals surface area contributed by atoms with Crippen molar-refractivity contribution in [2.45, 2.75) is 39.5 Å². The van der Waals surface area contributed by atoms with E-state index in [2.05, 4.69) is 6.92 Å². The van der Waals surface area contributed by atoms with E-state index in [0.29, 0.717) is 13.0 Å². The number of methoxy groups -OCH3 is 1. The van der Waals surface area contributed by atoms with Crippen LogP contribution in [0.1, 0.15) is 39.5 Å². The quantitative estimate of drug-likeness (QED) is 0.766. The van der Waals surface area contributed by atoms with Gasteiger partial charge in [0.2, 0.25) is 5.91 Å². The number of carbonyl (C=O) groups excluding carboxylic acids is 1. The molecule has 5 nitrogen and oxygen atoms in total. The monoisotopic (exact) mass is 271 g/mol. The summed E-state index contributed by atoms with van der Waals surface area (Å²) in [5, 5.41) is 9.36. The number of nitrogens with zero attached hydrogens (tertiary/aromatic N) is 1. The van der Waals surface area contributed by atoms with Crippen LogP contribution >= 0.6 is 0 Å². The highest BCUT2D eigenvalue weighted by Gasteiger charge is 2.46. The maximum Gasteiger partial charge on any atom is 0.313 e. The highest BCUT2D eigenvalue weighted by atomic mass is 16.5. The number of hydrogen-bond donors (Lipinski definition) is 1. The van der Waals surface area contributed by atoms with Gasteiger partial charge in [-0.3, -0.25) is 9.59 Å². The summed E-state index contributed by atoms with van der Waals surface area (Å²) in [7, 11) is 1.50. The number of carboxylic acids is 1. The maximum atomic E-state index is 12.3. The zero-order valence-electron chi connectivity index (χ0n) is 12.1. The Morgan fingerprint density at radius 2 is 2.16 bits per heavy atom. The average molecular weight is 271 g/mol. The van der Waals surface area contributed by atoms with Crippen LogP contribution in [0.2, 0.25) is 0 Å². The predicted octanol–water partition coefficient (Wildman–Crippen LogP) is 1.76. The zero-order chi connectivity index (χ0) is 14.5. The number of hydrogen-bond acceptors (Lipinski definition) is 3. The summed E-state index contributed by atoms with van der Waals surface area (Å²) in [6.45, 7) is 4.97. The molecular weight excluding hydrogens is 246 g/mol. The van der Waals surface area contributed by atoms with Crippen LogP contribution < -0.4 is 0 Å². The van der Waals surface area contributed by atoms with Crippen LogP contribution in [0.5, 0.6) is 0 Å². The van der Waals surface area contributed by atoms with Crippen LogP contribution in [0, 0.1) is 11.3 Å². The molecule has 0 bridgehead atoms. The van der Waals surface area contributed by atoms with E-state index >= 15 is 0 Å². The predicted molar refractivity (Wildman–Crippen MR) is 71.8 cm³/mol. The van der Waals surface area contributed by atoms with Gasteiger partial charge in [-0.25, -0.2) is 0 Å². The van der Waals surface area contributed by atoms with Gasteiger partial charge >= 0.3 is 5.97 Å². The molecule has 0 spiro atoms. The molecule has 0 aromatic heterocycles. The Labute approximate surface area is 114 Å².